The molecule has 0 saturated carbocycles. The Morgan fingerprint density at radius 1 is 0.909 bits per heavy atom. The quantitative estimate of drug-likeness (QED) is 0.459. The van der Waals surface area contributed by atoms with Gasteiger partial charge in [-0.2, -0.15) is 0 Å². The zero-order chi connectivity index (χ0) is 24.0. The molecule has 3 rings (SSSR count). The third-order valence-corrected chi connectivity index (χ3v) is 6.09. The lowest BCUT2D eigenvalue weighted by Crippen LogP contribution is -2.44. The van der Waals surface area contributed by atoms with E-state index in [1.54, 1.807) is 12.1 Å². The molecule has 33 heavy (non-hydrogen) atoms. The molecule has 0 saturated heterocycles. The summed E-state index contributed by atoms with van der Waals surface area (Å²) in [4.78, 5) is 24.4. The van der Waals surface area contributed by atoms with Gasteiger partial charge in [0.05, 0.1) is 16.1 Å². The average molecular weight is 472 g/mol. The van der Waals surface area contributed by atoms with Crippen molar-refractivity contribution in [3.8, 4) is 5.75 Å². The van der Waals surface area contributed by atoms with Gasteiger partial charge in [-0.25, -0.2) is 12.8 Å². The van der Waals surface area contributed by atoms with Crippen LogP contribution in [0.1, 0.15) is 21.5 Å². The van der Waals surface area contributed by atoms with Crippen LogP contribution in [0.15, 0.2) is 71.6 Å². The van der Waals surface area contributed by atoms with Crippen LogP contribution in [0.3, 0.4) is 0 Å². The van der Waals surface area contributed by atoms with Crippen LogP contribution in [-0.2, 0) is 14.8 Å². The third kappa shape index (κ3) is 6.30. The van der Waals surface area contributed by atoms with Crippen LogP contribution in [-0.4, -0.2) is 26.8 Å². The monoisotopic (exact) mass is 471 g/mol. The van der Waals surface area contributed by atoms with E-state index in [-0.39, 0.29) is 22.8 Å². The van der Waals surface area contributed by atoms with E-state index >= 15 is 0 Å². The summed E-state index contributed by atoms with van der Waals surface area (Å²) in [7, 11) is -4.07. The number of halogens is 1. The van der Waals surface area contributed by atoms with Crippen LogP contribution >= 0.6 is 0 Å². The molecule has 0 spiro atoms. The molecule has 0 fully saturated rings. The Morgan fingerprint density at radius 2 is 1.61 bits per heavy atom. The molecule has 3 aromatic rings. The number of hydrogen-bond donors (Lipinski definition) is 3. The van der Waals surface area contributed by atoms with Crippen molar-refractivity contribution < 1.29 is 27.1 Å². The normalized spacial score (nSPS) is 10.9. The molecule has 0 heterocycles. The van der Waals surface area contributed by atoms with Crippen molar-refractivity contribution in [3.63, 3.8) is 0 Å². The molecule has 0 aromatic heterocycles. The molecule has 0 aliphatic heterocycles. The molecule has 8 nitrogen and oxygen atoms in total. The fraction of sp³-hybridized carbons (Fsp3) is 0.130. The topological polar surface area (TPSA) is 114 Å². The number of carbonyl (C=O) groups excluding carboxylic acids is 2. The highest BCUT2D eigenvalue weighted by molar-refractivity contribution is 7.92. The first kappa shape index (κ1) is 23.7. The molecule has 3 aromatic carbocycles. The van der Waals surface area contributed by atoms with E-state index in [1.165, 1.54) is 24.3 Å². The lowest BCUT2D eigenvalue weighted by molar-refractivity contribution is -0.123. The highest BCUT2D eigenvalue weighted by atomic mass is 32.2. The Balaban J connectivity index is 1.61. The van der Waals surface area contributed by atoms with Gasteiger partial charge in [-0.1, -0.05) is 18.2 Å². The number of nitrogens with one attached hydrogen (secondary N) is 3. The third-order valence-electron chi connectivity index (χ3n) is 4.70. The SMILES string of the molecule is Cc1ccc(OCC(=O)NNC(=O)c2ccccc2NS(=O)(=O)c2ccc(F)cc2)cc1C. The van der Waals surface area contributed by atoms with Gasteiger partial charge in [0.1, 0.15) is 11.6 Å². The van der Waals surface area contributed by atoms with Crippen molar-refractivity contribution in [2.45, 2.75) is 18.7 Å². The van der Waals surface area contributed by atoms with Gasteiger partial charge in [0.2, 0.25) is 0 Å². The van der Waals surface area contributed by atoms with E-state index < -0.39 is 27.7 Å². The van der Waals surface area contributed by atoms with Gasteiger partial charge >= 0.3 is 0 Å². The molecule has 0 aliphatic carbocycles. The Bertz CT molecular complexity index is 1280. The smallest absolute Gasteiger partial charge is 0.276 e. The minimum absolute atomic E-state index is 0.0139. The zero-order valence-corrected chi connectivity index (χ0v) is 18.7. The predicted octanol–water partition coefficient (Wildman–Crippen LogP) is 3.08. The summed E-state index contributed by atoms with van der Waals surface area (Å²) >= 11 is 0. The number of amides is 2. The second-order valence-corrected chi connectivity index (χ2v) is 8.82. The Morgan fingerprint density at radius 3 is 2.30 bits per heavy atom. The summed E-state index contributed by atoms with van der Waals surface area (Å²) in [5.74, 6) is -1.41. The number of anilines is 1. The zero-order valence-electron chi connectivity index (χ0n) is 17.9. The van der Waals surface area contributed by atoms with Crippen LogP contribution in [0.5, 0.6) is 5.75 Å². The Labute approximate surface area is 190 Å². The van der Waals surface area contributed by atoms with Crippen molar-refractivity contribution in [2.75, 3.05) is 11.3 Å². The molecule has 0 unspecified atom stereocenters. The molecule has 10 heteroatoms. The van der Waals surface area contributed by atoms with Gasteiger partial charge in [0, 0.05) is 0 Å². The number of sulfonamides is 1. The largest absolute Gasteiger partial charge is 0.484 e. The minimum Gasteiger partial charge on any atom is -0.484 e. The fourth-order valence-corrected chi connectivity index (χ4v) is 3.85. The molecule has 0 aliphatic rings. The molecule has 0 bridgehead atoms. The van der Waals surface area contributed by atoms with Crippen molar-refractivity contribution in [1.82, 2.24) is 10.9 Å². The molecule has 0 atom stereocenters. The summed E-state index contributed by atoms with van der Waals surface area (Å²) in [6.07, 6.45) is 0. The maximum absolute atomic E-state index is 13.1. The van der Waals surface area contributed by atoms with Crippen LogP contribution < -0.4 is 20.3 Å². The van der Waals surface area contributed by atoms with Crippen LogP contribution in [0.4, 0.5) is 10.1 Å². The van der Waals surface area contributed by atoms with Gasteiger partial charge in [-0.15, -0.1) is 0 Å². The lowest BCUT2D eigenvalue weighted by Gasteiger charge is -2.13. The van der Waals surface area contributed by atoms with Crippen molar-refractivity contribution in [1.29, 1.82) is 0 Å². The Hall–Kier alpha value is -3.92. The van der Waals surface area contributed by atoms with Gasteiger partial charge < -0.3 is 4.74 Å². The number of hydrogen-bond acceptors (Lipinski definition) is 5. The summed E-state index contributed by atoms with van der Waals surface area (Å²) < 4.78 is 45.9. The number of carbonyl (C=O) groups is 2. The molecular weight excluding hydrogens is 449 g/mol. The van der Waals surface area contributed by atoms with E-state index in [0.717, 1.165) is 35.4 Å². The maximum atomic E-state index is 13.1. The van der Waals surface area contributed by atoms with Crippen molar-refractivity contribution in [2.24, 2.45) is 0 Å². The van der Waals surface area contributed by atoms with Crippen molar-refractivity contribution >= 4 is 27.5 Å². The molecule has 172 valence electrons. The highest BCUT2D eigenvalue weighted by Gasteiger charge is 2.19. The first-order chi connectivity index (χ1) is 15.7. The van der Waals surface area contributed by atoms with Gasteiger partial charge in [-0.05, 0) is 73.5 Å². The van der Waals surface area contributed by atoms with Crippen LogP contribution in [0.25, 0.3) is 0 Å². The first-order valence-corrected chi connectivity index (χ1v) is 11.3. The first-order valence-electron chi connectivity index (χ1n) is 9.82. The summed E-state index contributed by atoms with van der Waals surface area (Å²) in [6.45, 7) is 3.55. The molecule has 2 amide bonds. The Kier molecular flexibility index (Phi) is 7.29. The summed E-state index contributed by atoms with van der Waals surface area (Å²) in [5, 5.41) is 0. The molecular formula is C23H22FN3O5S. The number of para-hydroxylation sites is 1. The van der Waals surface area contributed by atoms with Gasteiger partial charge in [0.25, 0.3) is 21.8 Å². The van der Waals surface area contributed by atoms with Gasteiger partial charge in [-0.3, -0.25) is 25.2 Å². The fourth-order valence-electron chi connectivity index (χ4n) is 2.77. The van der Waals surface area contributed by atoms with Gasteiger partial charge in [0.15, 0.2) is 6.61 Å². The standard InChI is InChI=1S/C23H22FN3O5S/c1-15-7-10-18(13-16(15)2)32-14-22(28)25-26-23(29)20-5-3-4-6-21(20)27-33(30,31)19-11-8-17(24)9-12-19/h3-13,27H,14H2,1-2H3,(H,25,28)(H,26,29). The van der Waals surface area contributed by atoms with Crippen LogP contribution in [0, 0.1) is 19.7 Å². The molecule has 0 radical (unpaired) electrons. The van der Waals surface area contributed by atoms with E-state index in [2.05, 4.69) is 15.6 Å². The lowest BCUT2D eigenvalue weighted by atomic mass is 10.1. The maximum Gasteiger partial charge on any atom is 0.276 e. The summed E-state index contributed by atoms with van der Waals surface area (Å²) in [6, 6.07) is 15.5. The average Bonchev–Trinajstić information content (AvgIpc) is 2.78. The number of hydrazine groups is 1. The predicted molar refractivity (Wildman–Crippen MR) is 121 cm³/mol. The highest BCUT2D eigenvalue weighted by Crippen LogP contribution is 2.20. The van der Waals surface area contributed by atoms with E-state index in [4.69, 9.17) is 4.74 Å². The number of rotatable bonds is 7. The number of aryl methyl sites for hydroxylation is 2. The summed E-state index contributed by atoms with van der Waals surface area (Å²) in [5.41, 5.74) is 6.51. The van der Waals surface area contributed by atoms with E-state index in [1.807, 2.05) is 19.9 Å². The van der Waals surface area contributed by atoms with E-state index in [9.17, 15) is 22.4 Å². The second-order valence-electron chi connectivity index (χ2n) is 7.14. The van der Waals surface area contributed by atoms with Crippen molar-refractivity contribution in [3.05, 3.63) is 89.2 Å². The number of ether oxygens (including phenoxy) is 1. The second kappa shape index (κ2) is 10.1. The molecule has 3 N–H and O–H groups in total. The minimum atomic E-state index is -4.07. The number of benzene rings is 3. The van der Waals surface area contributed by atoms with Crippen LogP contribution in [0.2, 0.25) is 0 Å². The van der Waals surface area contributed by atoms with E-state index in [0.29, 0.717) is 5.75 Å².